The molecule has 0 heterocycles. The van der Waals surface area contributed by atoms with E-state index in [-0.39, 0.29) is 9.92 Å². The van der Waals surface area contributed by atoms with Gasteiger partial charge < -0.3 is 5.43 Å². The van der Waals surface area contributed by atoms with Crippen molar-refractivity contribution in [2.75, 3.05) is 5.43 Å². The van der Waals surface area contributed by atoms with E-state index in [0.717, 1.165) is 0 Å². The highest BCUT2D eigenvalue weighted by Gasteiger charge is 2.14. The molecule has 100 valence electrons. The molecule has 0 atom stereocenters. The Morgan fingerprint density at radius 1 is 0.895 bits per heavy atom. The molecule has 7 heteroatoms. The van der Waals surface area contributed by atoms with Gasteiger partial charge in [-0.15, -0.1) is 4.83 Å². The number of benzene rings is 2. The van der Waals surface area contributed by atoms with Crippen molar-refractivity contribution in [2.45, 2.75) is 4.90 Å². The maximum Gasteiger partial charge on any atom is 0.257 e. The zero-order valence-corrected chi connectivity index (χ0v) is 11.9. The molecule has 0 aromatic heterocycles. The number of para-hydroxylation sites is 1. The van der Waals surface area contributed by atoms with Gasteiger partial charge >= 0.3 is 0 Å². The Morgan fingerprint density at radius 3 is 2.21 bits per heavy atom. The molecule has 0 spiro atoms. The highest BCUT2D eigenvalue weighted by Crippen LogP contribution is 2.24. The molecule has 0 aliphatic heterocycles. The smallest absolute Gasteiger partial charge is 0.257 e. The Bertz CT molecular complexity index is 675. The van der Waals surface area contributed by atoms with Gasteiger partial charge in [-0.05, 0) is 30.3 Å². The predicted molar refractivity (Wildman–Crippen MR) is 76.8 cm³/mol. The Balaban J connectivity index is 2.16. The van der Waals surface area contributed by atoms with Crippen molar-refractivity contribution < 1.29 is 8.42 Å². The van der Waals surface area contributed by atoms with Crippen LogP contribution in [0.5, 0.6) is 0 Å². The van der Waals surface area contributed by atoms with Crippen LogP contribution in [0.15, 0.2) is 53.4 Å². The molecule has 0 amide bonds. The van der Waals surface area contributed by atoms with Gasteiger partial charge in [0.15, 0.2) is 0 Å². The lowest BCUT2D eigenvalue weighted by Gasteiger charge is -2.09. The molecule has 2 rings (SSSR count). The average Bonchev–Trinajstić information content (AvgIpc) is 2.41. The summed E-state index contributed by atoms with van der Waals surface area (Å²) in [7, 11) is -3.70. The summed E-state index contributed by atoms with van der Waals surface area (Å²) in [6.07, 6.45) is 0. The second-order valence-corrected chi connectivity index (χ2v) is 6.17. The van der Waals surface area contributed by atoms with Crippen LogP contribution in [0.1, 0.15) is 0 Å². The molecule has 0 fully saturated rings. The van der Waals surface area contributed by atoms with E-state index < -0.39 is 10.0 Å². The van der Waals surface area contributed by atoms with Crippen molar-refractivity contribution in [3.8, 4) is 0 Å². The minimum atomic E-state index is -3.70. The molecule has 19 heavy (non-hydrogen) atoms. The number of halogens is 2. The Labute approximate surface area is 121 Å². The van der Waals surface area contributed by atoms with E-state index >= 15 is 0 Å². The summed E-state index contributed by atoms with van der Waals surface area (Å²) in [6, 6.07) is 13.0. The quantitative estimate of drug-likeness (QED) is 0.851. The predicted octanol–water partition coefficient (Wildman–Crippen LogP) is 3.30. The summed E-state index contributed by atoms with van der Waals surface area (Å²) in [6.45, 7) is 0. The standard InChI is InChI=1S/C12H10Cl2N2O2S/c13-11-7-6-10(8-12(11)14)19(17,18)16-15-9-4-2-1-3-5-9/h1-8,15-16H. The van der Waals surface area contributed by atoms with Crippen LogP contribution < -0.4 is 10.3 Å². The highest BCUT2D eigenvalue weighted by molar-refractivity contribution is 7.89. The molecule has 0 aliphatic carbocycles. The van der Waals surface area contributed by atoms with E-state index in [1.807, 2.05) is 6.07 Å². The Kier molecular flexibility index (Phi) is 4.31. The second-order valence-electron chi connectivity index (χ2n) is 3.67. The zero-order valence-electron chi connectivity index (χ0n) is 9.60. The fraction of sp³-hybridized carbons (Fsp3) is 0. The lowest BCUT2D eigenvalue weighted by molar-refractivity contribution is 0.588. The van der Waals surface area contributed by atoms with Crippen molar-refractivity contribution >= 4 is 38.9 Å². The summed E-state index contributed by atoms with van der Waals surface area (Å²) in [5, 5.41) is 0.487. The van der Waals surface area contributed by atoms with Gasteiger partial charge in [-0.2, -0.15) is 0 Å². The third-order valence-electron chi connectivity index (χ3n) is 2.30. The van der Waals surface area contributed by atoms with E-state index in [0.29, 0.717) is 10.7 Å². The van der Waals surface area contributed by atoms with E-state index in [1.54, 1.807) is 24.3 Å². The van der Waals surface area contributed by atoms with Gasteiger partial charge in [0.25, 0.3) is 10.0 Å². The molecule has 2 aromatic rings. The maximum atomic E-state index is 12.0. The molecule has 0 aliphatic rings. The normalized spacial score (nSPS) is 11.3. The van der Waals surface area contributed by atoms with Crippen LogP contribution in [-0.2, 0) is 10.0 Å². The zero-order chi connectivity index (χ0) is 13.9. The molecule has 4 nitrogen and oxygen atoms in total. The molecule has 0 unspecified atom stereocenters. The fourth-order valence-electron chi connectivity index (χ4n) is 1.35. The van der Waals surface area contributed by atoms with Gasteiger partial charge in [-0.1, -0.05) is 41.4 Å². The van der Waals surface area contributed by atoms with Crippen molar-refractivity contribution in [2.24, 2.45) is 0 Å². The Morgan fingerprint density at radius 2 is 1.58 bits per heavy atom. The van der Waals surface area contributed by atoms with E-state index in [1.165, 1.54) is 18.2 Å². The SMILES string of the molecule is O=S(=O)(NNc1ccccc1)c1ccc(Cl)c(Cl)c1. The molecule has 0 saturated carbocycles. The average molecular weight is 317 g/mol. The van der Waals surface area contributed by atoms with Crippen LogP contribution in [-0.4, -0.2) is 8.42 Å². The van der Waals surface area contributed by atoms with Crippen molar-refractivity contribution in [3.05, 3.63) is 58.6 Å². The molecule has 0 saturated heterocycles. The third kappa shape index (κ3) is 3.61. The maximum absolute atomic E-state index is 12.0. The number of rotatable bonds is 4. The van der Waals surface area contributed by atoms with Gasteiger partial charge in [-0.25, -0.2) is 8.42 Å². The van der Waals surface area contributed by atoms with E-state index in [4.69, 9.17) is 23.2 Å². The van der Waals surface area contributed by atoms with E-state index in [2.05, 4.69) is 10.3 Å². The molecule has 0 radical (unpaired) electrons. The van der Waals surface area contributed by atoms with Crippen LogP contribution >= 0.6 is 23.2 Å². The fourth-order valence-corrected chi connectivity index (χ4v) is 2.60. The number of nitrogens with one attached hydrogen (secondary N) is 2. The van der Waals surface area contributed by atoms with Gasteiger partial charge in [-0.3, -0.25) is 0 Å². The van der Waals surface area contributed by atoms with E-state index in [9.17, 15) is 8.42 Å². The number of sulfonamides is 1. The van der Waals surface area contributed by atoms with Gasteiger partial charge in [0.05, 0.1) is 14.9 Å². The largest absolute Gasteiger partial charge is 0.308 e. The first-order chi connectivity index (χ1) is 8.99. The van der Waals surface area contributed by atoms with Gasteiger partial charge in [0, 0.05) is 5.69 Å². The first-order valence-corrected chi connectivity index (χ1v) is 7.51. The second kappa shape index (κ2) is 5.79. The minimum absolute atomic E-state index is 0.0327. The lowest BCUT2D eigenvalue weighted by Crippen LogP contribution is -2.29. The number of anilines is 1. The summed E-state index contributed by atoms with van der Waals surface area (Å²) >= 11 is 11.5. The van der Waals surface area contributed by atoms with Crippen molar-refractivity contribution in [3.63, 3.8) is 0 Å². The summed E-state index contributed by atoms with van der Waals surface area (Å²) < 4.78 is 24.0. The van der Waals surface area contributed by atoms with Crippen LogP contribution in [0.25, 0.3) is 0 Å². The van der Waals surface area contributed by atoms with Crippen LogP contribution in [0.2, 0.25) is 10.0 Å². The molecule has 2 aromatic carbocycles. The number of hydrogen-bond donors (Lipinski definition) is 2. The van der Waals surface area contributed by atoms with Gasteiger partial charge in [0.1, 0.15) is 0 Å². The third-order valence-corrected chi connectivity index (χ3v) is 4.29. The lowest BCUT2D eigenvalue weighted by atomic mass is 10.3. The summed E-state index contributed by atoms with van der Waals surface area (Å²) in [5.41, 5.74) is 3.23. The van der Waals surface area contributed by atoms with Crippen LogP contribution in [0, 0.1) is 0 Å². The number of hydrazine groups is 1. The highest BCUT2D eigenvalue weighted by atomic mass is 35.5. The monoisotopic (exact) mass is 316 g/mol. The van der Waals surface area contributed by atoms with Crippen molar-refractivity contribution in [1.29, 1.82) is 0 Å². The minimum Gasteiger partial charge on any atom is -0.308 e. The number of hydrogen-bond acceptors (Lipinski definition) is 3. The molecular formula is C12H10Cl2N2O2S. The first-order valence-electron chi connectivity index (χ1n) is 5.27. The van der Waals surface area contributed by atoms with Gasteiger partial charge in [0.2, 0.25) is 0 Å². The molecule has 0 bridgehead atoms. The summed E-state index contributed by atoms with van der Waals surface area (Å²) in [5.74, 6) is 0. The van der Waals surface area contributed by atoms with Crippen LogP contribution in [0.3, 0.4) is 0 Å². The first kappa shape index (κ1) is 14.1. The molecule has 2 N–H and O–H groups in total. The Hall–Kier alpha value is -1.27. The van der Waals surface area contributed by atoms with Crippen molar-refractivity contribution in [1.82, 2.24) is 4.83 Å². The topological polar surface area (TPSA) is 58.2 Å². The summed E-state index contributed by atoms with van der Waals surface area (Å²) in [4.78, 5) is 2.29. The molecular weight excluding hydrogens is 307 g/mol. The van der Waals surface area contributed by atoms with Crippen LogP contribution in [0.4, 0.5) is 5.69 Å².